The van der Waals surface area contributed by atoms with Gasteiger partial charge < -0.3 is 22.1 Å². The van der Waals surface area contributed by atoms with E-state index in [0.29, 0.717) is 6.04 Å². The summed E-state index contributed by atoms with van der Waals surface area (Å²) in [7, 11) is 0. The summed E-state index contributed by atoms with van der Waals surface area (Å²) in [5, 5.41) is 0. The van der Waals surface area contributed by atoms with Crippen LogP contribution in [0.5, 0.6) is 0 Å². The molecular weight excluding hydrogens is 202 g/mol. The molecule has 5 nitrogen and oxygen atoms in total. The fourth-order valence-corrected chi connectivity index (χ4v) is 2.21. The van der Waals surface area contributed by atoms with Crippen molar-refractivity contribution in [3.63, 3.8) is 0 Å². The molecule has 1 aliphatic rings. The number of hydrogen-bond donors (Lipinski definition) is 3. The van der Waals surface area contributed by atoms with Gasteiger partial charge in [-0.05, 0) is 45.3 Å². The highest BCUT2D eigenvalue weighted by Gasteiger charge is 2.18. The minimum Gasteiger partial charge on any atom is -0.370 e. The largest absolute Gasteiger partial charge is 0.370 e. The lowest BCUT2D eigenvalue weighted by atomic mass is 10.1. The fourth-order valence-electron chi connectivity index (χ4n) is 2.21. The van der Waals surface area contributed by atoms with Crippen molar-refractivity contribution < 1.29 is 0 Å². The van der Waals surface area contributed by atoms with E-state index in [-0.39, 0.29) is 5.96 Å². The van der Waals surface area contributed by atoms with Crippen molar-refractivity contribution in [1.29, 1.82) is 0 Å². The maximum absolute atomic E-state index is 5.47. The SMILES string of the molecule is NCCCCCN1CCC[C@H](N=C(N)N)C1. The van der Waals surface area contributed by atoms with Gasteiger partial charge in [-0.3, -0.25) is 0 Å². The monoisotopic (exact) mass is 227 g/mol. The van der Waals surface area contributed by atoms with Crippen LogP contribution in [0.25, 0.3) is 0 Å². The van der Waals surface area contributed by atoms with Gasteiger partial charge in [0, 0.05) is 6.54 Å². The van der Waals surface area contributed by atoms with Crippen LogP contribution in [0.3, 0.4) is 0 Å². The molecule has 0 bridgehead atoms. The second-order valence-electron chi connectivity index (χ2n) is 4.50. The van der Waals surface area contributed by atoms with E-state index in [1.807, 2.05) is 0 Å². The van der Waals surface area contributed by atoms with Crippen molar-refractivity contribution in [2.75, 3.05) is 26.2 Å². The van der Waals surface area contributed by atoms with Crippen LogP contribution in [-0.2, 0) is 0 Å². The average Bonchev–Trinajstić information content (AvgIpc) is 2.24. The maximum Gasteiger partial charge on any atom is 0.186 e. The quantitative estimate of drug-likeness (QED) is 0.334. The zero-order valence-corrected chi connectivity index (χ0v) is 10.1. The average molecular weight is 227 g/mol. The van der Waals surface area contributed by atoms with E-state index in [1.54, 1.807) is 0 Å². The Morgan fingerprint density at radius 2 is 2.06 bits per heavy atom. The minimum atomic E-state index is 0.218. The van der Waals surface area contributed by atoms with Crippen molar-refractivity contribution in [2.24, 2.45) is 22.2 Å². The number of rotatable bonds is 6. The van der Waals surface area contributed by atoms with Crippen LogP contribution < -0.4 is 17.2 Å². The van der Waals surface area contributed by atoms with Crippen LogP contribution >= 0.6 is 0 Å². The smallest absolute Gasteiger partial charge is 0.186 e. The second kappa shape index (κ2) is 7.46. The molecule has 0 aromatic carbocycles. The number of piperidine rings is 1. The summed E-state index contributed by atoms with van der Waals surface area (Å²) in [6.07, 6.45) is 5.88. The van der Waals surface area contributed by atoms with Gasteiger partial charge in [0.2, 0.25) is 0 Å². The zero-order chi connectivity index (χ0) is 11.8. The lowest BCUT2D eigenvalue weighted by Gasteiger charge is -2.30. The van der Waals surface area contributed by atoms with E-state index in [2.05, 4.69) is 9.89 Å². The summed E-state index contributed by atoms with van der Waals surface area (Å²) < 4.78 is 0. The van der Waals surface area contributed by atoms with E-state index in [1.165, 1.54) is 25.8 Å². The van der Waals surface area contributed by atoms with Crippen molar-refractivity contribution >= 4 is 5.96 Å². The number of unbranched alkanes of at least 4 members (excludes halogenated alkanes) is 2. The maximum atomic E-state index is 5.47. The Bertz CT molecular complexity index is 212. The van der Waals surface area contributed by atoms with Crippen molar-refractivity contribution in [3.05, 3.63) is 0 Å². The number of nitrogens with two attached hydrogens (primary N) is 3. The highest BCUT2D eigenvalue weighted by molar-refractivity contribution is 5.75. The van der Waals surface area contributed by atoms with Crippen LogP contribution in [0.2, 0.25) is 0 Å². The van der Waals surface area contributed by atoms with Crippen LogP contribution in [0, 0.1) is 0 Å². The van der Waals surface area contributed by atoms with Crippen molar-refractivity contribution in [3.8, 4) is 0 Å². The lowest BCUT2D eigenvalue weighted by Crippen LogP contribution is -2.39. The second-order valence-corrected chi connectivity index (χ2v) is 4.50. The van der Waals surface area contributed by atoms with E-state index in [4.69, 9.17) is 17.2 Å². The molecule has 0 radical (unpaired) electrons. The molecule has 94 valence electrons. The van der Waals surface area contributed by atoms with Gasteiger partial charge in [-0.1, -0.05) is 6.42 Å². The molecule has 0 aromatic rings. The molecule has 6 N–H and O–H groups in total. The zero-order valence-electron chi connectivity index (χ0n) is 10.1. The summed E-state index contributed by atoms with van der Waals surface area (Å²) in [5.74, 6) is 0.218. The molecule has 0 unspecified atom stereocenters. The molecule has 0 saturated carbocycles. The van der Waals surface area contributed by atoms with Gasteiger partial charge in [-0.25, -0.2) is 4.99 Å². The van der Waals surface area contributed by atoms with E-state index in [0.717, 1.165) is 32.5 Å². The third-order valence-electron chi connectivity index (χ3n) is 2.99. The Kier molecular flexibility index (Phi) is 6.18. The van der Waals surface area contributed by atoms with Gasteiger partial charge in [-0.2, -0.15) is 0 Å². The minimum absolute atomic E-state index is 0.218. The summed E-state index contributed by atoms with van der Waals surface area (Å²) >= 11 is 0. The molecule has 1 rings (SSSR count). The fraction of sp³-hybridized carbons (Fsp3) is 0.909. The highest BCUT2D eigenvalue weighted by Crippen LogP contribution is 2.13. The molecule has 0 aromatic heterocycles. The number of aliphatic imine (C=N–C) groups is 1. The standard InChI is InChI=1S/C11H25N5/c12-6-2-1-3-7-16-8-4-5-10(9-16)15-11(13)14/h10H,1-9,12H2,(H4,13,14,15)/t10-/m0/s1. The molecular formula is C11H25N5. The van der Waals surface area contributed by atoms with Gasteiger partial charge in [0.1, 0.15) is 0 Å². The summed E-state index contributed by atoms with van der Waals surface area (Å²) in [4.78, 5) is 6.70. The molecule has 0 amide bonds. The molecule has 16 heavy (non-hydrogen) atoms. The molecule has 1 heterocycles. The first-order valence-electron chi connectivity index (χ1n) is 6.23. The molecule has 1 fully saturated rings. The third kappa shape index (κ3) is 5.32. The molecule has 1 atom stereocenters. The van der Waals surface area contributed by atoms with Gasteiger partial charge in [0.05, 0.1) is 6.04 Å². The van der Waals surface area contributed by atoms with E-state index < -0.39 is 0 Å². The third-order valence-corrected chi connectivity index (χ3v) is 2.99. The molecule has 0 aliphatic carbocycles. The molecule has 0 spiro atoms. The Morgan fingerprint density at radius 1 is 1.25 bits per heavy atom. The Labute approximate surface area is 98.1 Å². The van der Waals surface area contributed by atoms with E-state index >= 15 is 0 Å². The summed E-state index contributed by atoms with van der Waals surface area (Å²) in [6.45, 7) is 4.13. The topological polar surface area (TPSA) is 93.7 Å². The van der Waals surface area contributed by atoms with Gasteiger partial charge in [-0.15, -0.1) is 0 Å². The molecule has 1 aliphatic heterocycles. The van der Waals surface area contributed by atoms with Gasteiger partial charge >= 0.3 is 0 Å². The highest BCUT2D eigenvalue weighted by atomic mass is 15.2. The predicted molar refractivity (Wildman–Crippen MR) is 68.2 cm³/mol. The predicted octanol–water partition coefficient (Wildman–Crippen LogP) is -0.147. The van der Waals surface area contributed by atoms with Crippen LogP contribution in [0.4, 0.5) is 0 Å². The number of guanidine groups is 1. The van der Waals surface area contributed by atoms with Gasteiger partial charge in [0.15, 0.2) is 5.96 Å². The first kappa shape index (κ1) is 13.3. The van der Waals surface area contributed by atoms with Crippen molar-refractivity contribution in [2.45, 2.75) is 38.1 Å². The number of likely N-dealkylation sites (tertiary alicyclic amines) is 1. The molecule has 5 heteroatoms. The summed E-state index contributed by atoms with van der Waals surface area (Å²) in [6, 6.07) is 0.299. The first-order chi connectivity index (χ1) is 7.72. The Hall–Kier alpha value is -0.810. The lowest BCUT2D eigenvalue weighted by molar-refractivity contribution is 0.206. The normalized spacial score (nSPS) is 21.9. The Balaban J connectivity index is 2.20. The van der Waals surface area contributed by atoms with Crippen molar-refractivity contribution in [1.82, 2.24) is 4.90 Å². The number of nitrogens with zero attached hydrogens (tertiary/aromatic N) is 2. The van der Waals surface area contributed by atoms with E-state index in [9.17, 15) is 0 Å². The Morgan fingerprint density at radius 3 is 2.75 bits per heavy atom. The van der Waals surface area contributed by atoms with Crippen LogP contribution in [-0.4, -0.2) is 43.1 Å². The molecule has 1 saturated heterocycles. The summed E-state index contributed by atoms with van der Waals surface area (Å²) in [5.41, 5.74) is 16.3. The van der Waals surface area contributed by atoms with Crippen LogP contribution in [0.15, 0.2) is 4.99 Å². The van der Waals surface area contributed by atoms with Crippen LogP contribution in [0.1, 0.15) is 32.1 Å². The first-order valence-corrected chi connectivity index (χ1v) is 6.23. The number of hydrogen-bond acceptors (Lipinski definition) is 3. The van der Waals surface area contributed by atoms with Gasteiger partial charge in [0.25, 0.3) is 0 Å².